The standard InChI is InChI=1S/C27H30N4O3/c1-27(2,3)23-17-22(31(30-23)20-12-8-5-9-13-20)25(33)29-21(16-18-10-6-4-7-11-18)24(32)26(34)28-19-14-15-19/h4-13,17,19,21H,14-16H2,1-3H3,(H,28,34)(H,29,33)/t21-/m0/s1. The highest BCUT2D eigenvalue weighted by Gasteiger charge is 2.33. The minimum atomic E-state index is -0.995. The Hall–Kier alpha value is -3.74. The largest absolute Gasteiger partial charge is 0.347 e. The van der Waals surface area contributed by atoms with Crippen LogP contribution in [0.5, 0.6) is 0 Å². The summed E-state index contributed by atoms with van der Waals surface area (Å²) >= 11 is 0. The fraction of sp³-hybridized carbons (Fsp3) is 0.333. The van der Waals surface area contributed by atoms with Gasteiger partial charge in [-0.2, -0.15) is 5.10 Å². The van der Waals surface area contributed by atoms with Crippen LogP contribution in [-0.4, -0.2) is 39.5 Å². The lowest BCUT2D eigenvalue weighted by Gasteiger charge is -2.18. The number of para-hydroxylation sites is 1. The molecular weight excluding hydrogens is 428 g/mol. The van der Waals surface area contributed by atoms with Crippen molar-refractivity contribution in [1.82, 2.24) is 20.4 Å². The predicted octanol–water partition coefficient (Wildman–Crippen LogP) is 3.36. The molecule has 34 heavy (non-hydrogen) atoms. The van der Waals surface area contributed by atoms with Crippen molar-refractivity contribution in [1.29, 1.82) is 0 Å². The summed E-state index contributed by atoms with van der Waals surface area (Å²) in [6.45, 7) is 6.07. The maximum absolute atomic E-state index is 13.5. The third-order valence-corrected chi connectivity index (χ3v) is 5.75. The first kappa shape index (κ1) is 23.4. The molecule has 0 saturated heterocycles. The quantitative estimate of drug-likeness (QED) is 0.506. The highest BCUT2D eigenvalue weighted by molar-refractivity contribution is 6.38. The topological polar surface area (TPSA) is 93.1 Å². The second-order valence-electron chi connectivity index (χ2n) is 9.74. The van der Waals surface area contributed by atoms with Gasteiger partial charge in [0.15, 0.2) is 0 Å². The van der Waals surface area contributed by atoms with Crippen molar-refractivity contribution in [3.05, 3.63) is 83.7 Å². The Morgan fingerprint density at radius 2 is 1.62 bits per heavy atom. The number of rotatable bonds is 8. The number of hydrogen-bond donors (Lipinski definition) is 2. The average Bonchev–Trinajstić information content (AvgIpc) is 3.51. The lowest BCUT2D eigenvalue weighted by atomic mass is 9.92. The van der Waals surface area contributed by atoms with E-state index >= 15 is 0 Å². The van der Waals surface area contributed by atoms with Gasteiger partial charge in [0.25, 0.3) is 11.8 Å². The molecule has 1 heterocycles. The summed E-state index contributed by atoms with van der Waals surface area (Å²) in [5.41, 5.74) is 2.37. The monoisotopic (exact) mass is 458 g/mol. The fourth-order valence-corrected chi connectivity index (χ4v) is 3.61. The number of aromatic nitrogens is 2. The summed E-state index contributed by atoms with van der Waals surface area (Å²) in [6.07, 6.45) is 1.97. The normalized spacial score (nSPS) is 14.3. The molecule has 2 N–H and O–H groups in total. The second-order valence-corrected chi connectivity index (χ2v) is 9.74. The third-order valence-electron chi connectivity index (χ3n) is 5.75. The van der Waals surface area contributed by atoms with Crippen LogP contribution < -0.4 is 10.6 Å². The molecule has 0 bridgehead atoms. The summed E-state index contributed by atoms with van der Waals surface area (Å²) in [5, 5.41) is 10.2. The number of amides is 2. The second kappa shape index (κ2) is 9.63. The molecule has 1 aliphatic rings. The molecule has 1 aromatic heterocycles. The Kier molecular flexibility index (Phi) is 6.63. The van der Waals surface area contributed by atoms with E-state index in [-0.39, 0.29) is 17.9 Å². The summed E-state index contributed by atoms with van der Waals surface area (Å²) in [6, 6.07) is 19.5. The maximum Gasteiger partial charge on any atom is 0.289 e. The molecule has 7 heteroatoms. The van der Waals surface area contributed by atoms with Crippen molar-refractivity contribution in [3.63, 3.8) is 0 Å². The molecular formula is C27H30N4O3. The van der Waals surface area contributed by atoms with Crippen LogP contribution in [0, 0.1) is 0 Å². The highest BCUT2D eigenvalue weighted by atomic mass is 16.2. The van der Waals surface area contributed by atoms with Gasteiger partial charge < -0.3 is 10.6 Å². The Labute approximate surface area is 199 Å². The van der Waals surface area contributed by atoms with Crippen LogP contribution >= 0.6 is 0 Å². The van der Waals surface area contributed by atoms with Crippen LogP contribution in [0.4, 0.5) is 0 Å². The summed E-state index contributed by atoms with van der Waals surface area (Å²) in [7, 11) is 0. The van der Waals surface area contributed by atoms with Gasteiger partial charge in [-0.3, -0.25) is 14.4 Å². The first-order valence-electron chi connectivity index (χ1n) is 11.6. The van der Waals surface area contributed by atoms with Crippen molar-refractivity contribution in [2.75, 3.05) is 0 Å². The Bertz CT molecular complexity index is 1180. The van der Waals surface area contributed by atoms with E-state index in [1.807, 2.05) is 81.4 Å². The van der Waals surface area contributed by atoms with Crippen LogP contribution in [0.25, 0.3) is 5.69 Å². The van der Waals surface area contributed by atoms with Gasteiger partial charge in [0, 0.05) is 17.9 Å². The van der Waals surface area contributed by atoms with Crippen molar-refractivity contribution in [3.8, 4) is 5.69 Å². The molecule has 0 aliphatic heterocycles. The van der Waals surface area contributed by atoms with E-state index in [2.05, 4.69) is 15.7 Å². The van der Waals surface area contributed by atoms with E-state index in [1.165, 1.54) is 0 Å². The third kappa shape index (κ3) is 5.60. The van der Waals surface area contributed by atoms with Gasteiger partial charge in [-0.05, 0) is 36.6 Å². The summed E-state index contributed by atoms with van der Waals surface area (Å²) in [4.78, 5) is 39.1. The van der Waals surface area contributed by atoms with Crippen LogP contribution in [0.15, 0.2) is 66.7 Å². The molecule has 1 atom stereocenters. The maximum atomic E-state index is 13.5. The first-order valence-corrected chi connectivity index (χ1v) is 11.6. The number of ketones is 1. The van der Waals surface area contributed by atoms with Crippen LogP contribution in [-0.2, 0) is 21.4 Å². The van der Waals surface area contributed by atoms with Gasteiger partial charge in [0.2, 0.25) is 5.78 Å². The van der Waals surface area contributed by atoms with Crippen molar-refractivity contribution in [2.24, 2.45) is 0 Å². The molecule has 0 radical (unpaired) electrons. The molecule has 7 nitrogen and oxygen atoms in total. The van der Waals surface area contributed by atoms with Crippen molar-refractivity contribution < 1.29 is 14.4 Å². The smallest absolute Gasteiger partial charge is 0.289 e. The number of benzene rings is 2. The molecule has 4 rings (SSSR count). The Balaban J connectivity index is 1.64. The zero-order valence-corrected chi connectivity index (χ0v) is 19.7. The SMILES string of the molecule is CC(C)(C)c1cc(C(=O)N[C@@H](Cc2ccccc2)C(=O)C(=O)NC2CC2)n(-c2ccccc2)n1. The Morgan fingerprint density at radius 3 is 2.21 bits per heavy atom. The van der Waals surface area contributed by atoms with Crippen LogP contribution in [0.3, 0.4) is 0 Å². The van der Waals surface area contributed by atoms with Crippen molar-refractivity contribution in [2.45, 2.75) is 57.5 Å². The predicted molar refractivity (Wildman–Crippen MR) is 130 cm³/mol. The number of carbonyl (C=O) groups excluding carboxylic acids is 3. The summed E-state index contributed by atoms with van der Waals surface area (Å²) < 4.78 is 1.59. The fourth-order valence-electron chi connectivity index (χ4n) is 3.61. The van der Waals surface area contributed by atoms with Crippen LogP contribution in [0.2, 0.25) is 0 Å². The van der Waals surface area contributed by atoms with Crippen LogP contribution in [0.1, 0.15) is 55.4 Å². The lowest BCUT2D eigenvalue weighted by Crippen LogP contribution is -2.49. The van der Waals surface area contributed by atoms with E-state index in [0.717, 1.165) is 29.8 Å². The van der Waals surface area contributed by atoms with Gasteiger partial charge in [-0.25, -0.2) is 4.68 Å². The Morgan fingerprint density at radius 1 is 1.00 bits per heavy atom. The van der Waals surface area contributed by atoms with Gasteiger partial charge in [-0.1, -0.05) is 69.3 Å². The molecule has 1 saturated carbocycles. The molecule has 176 valence electrons. The highest BCUT2D eigenvalue weighted by Crippen LogP contribution is 2.24. The first-order chi connectivity index (χ1) is 16.2. The zero-order chi connectivity index (χ0) is 24.3. The number of Topliss-reactive ketones (excluding diaryl/α,β-unsaturated/α-hetero) is 1. The average molecular weight is 459 g/mol. The van der Waals surface area contributed by atoms with Gasteiger partial charge >= 0.3 is 0 Å². The van der Waals surface area contributed by atoms with E-state index < -0.39 is 23.6 Å². The molecule has 0 spiro atoms. The van der Waals surface area contributed by atoms with Gasteiger partial charge in [0.05, 0.1) is 11.4 Å². The molecule has 1 fully saturated rings. The minimum absolute atomic E-state index is 0.0541. The van der Waals surface area contributed by atoms with Gasteiger partial charge in [-0.15, -0.1) is 0 Å². The van der Waals surface area contributed by atoms with Gasteiger partial charge in [0.1, 0.15) is 11.7 Å². The number of carbonyl (C=O) groups is 3. The molecule has 3 aromatic rings. The molecule has 2 aromatic carbocycles. The lowest BCUT2D eigenvalue weighted by molar-refractivity contribution is -0.139. The minimum Gasteiger partial charge on any atom is -0.347 e. The summed E-state index contributed by atoms with van der Waals surface area (Å²) in [5.74, 6) is -1.76. The van der Waals surface area contributed by atoms with E-state index in [1.54, 1.807) is 10.7 Å². The van der Waals surface area contributed by atoms with E-state index in [4.69, 9.17) is 0 Å². The molecule has 1 aliphatic carbocycles. The molecule has 0 unspecified atom stereocenters. The zero-order valence-electron chi connectivity index (χ0n) is 19.7. The number of nitrogens with zero attached hydrogens (tertiary/aromatic N) is 2. The van der Waals surface area contributed by atoms with Crippen molar-refractivity contribution >= 4 is 17.6 Å². The van der Waals surface area contributed by atoms with E-state index in [0.29, 0.717) is 5.69 Å². The van der Waals surface area contributed by atoms with E-state index in [9.17, 15) is 14.4 Å². The number of hydrogen-bond acceptors (Lipinski definition) is 4. The molecule has 2 amide bonds. The number of nitrogens with one attached hydrogen (secondary N) is 2.